The van der Waals surface area contributed by atoms with Crippen LogP contribution in [0.5, 0.6) is 0 Å². The zero-order valence-electron chi connectivity index (χ0n) is 15.2. The molecule has 0 unspecified atom stereocenters. The molecule has 1 fully saturated rings. The third-order valence-corrected chi connectivity index (χ3v) is 6.27. The Balaban J connectivity index is 2.05. The molecule has 2 rings (SSSR count). The summed E-state index contributed by atoms with van der Waals surface area (Å²) in [5.74, 6) is -0.110. The van der Waals surface area contributed by atoms with Gasteiger partial charge in [-0.2, -0.15) is 4.31 Å². The molecular weight excluding hydrogens is 338 g/mol. The van der Waals surface area contributed by atoms with E-state index in [1.807, 2.05) is 25.1 Å². The minimum atomic E-state index is -3.33. The van der Waals surface area contributed by atoms with Gasteiger partial charge in [0, 0.05) is 44.8 Å². The van der Waals surface area contributed by atoms with E-state index in [9.17, 15) is 13.2 Å². The molecule has 1 aliphatic heterocycles. The van der Waals surface area contributed by atoms with Crippen molar-refractivity contribution in [2.24, 2.45) is 0 Å². The molecule has 0 aliphatic carbocycles. The molecule has 1 saturated heterocycles. The number of hydrogen-bond donors (Lipinski definition) is 1. The van der Waals surface area contributed by atoms with Crippen LogP contribution < -0.4 is 5.32 Å². The number of rotatable bonds is 8. The van der Waals surface area contributed by atoms with Crippen LogP contribution in [0.2, 0.25) is 0 Å². The number of amides is 1. The van der Waals surface area contributed by atoms with Gasteiger partial charge in [-0.15, -0.1) is 0 Å². The maximum absolute atomic E-state index is 12.8. The van der Waals surface area contributed by atoms with Gasteiger partial charge in [-0.05, 0) is 25.5 Å². The summed E-state index contributed by atoms with van der Waals surface area (Å²) in [6.07, 6.45) is 1.83. The Morgan fingerprint density at radius 1 is 1.24 bits per heavy atom. The Labute approximate surface area is 151 Å². The first-order valence-electron chi connectivity index (χ1n) is 8.98. The molecule has 1 aromatic rings. The van der Waals surface area contributed by atoms with E-state index in [0.717, 1.165) is 18.4 Å². The van der Waals surface area contributed by atoms with E-state index < -0.39 is 10.0 Å². The van der Waals surface area contributed by atoms with Crippen LogP contribution in [-0.2, 0) is 10.0 Å². The molecule has 0 spiro atoms. The number of piperazine rings is 1. The second kappa shape index (κ2) is 9.31. The summed E-state index contributed by atoms with van der Waals surface area (Å²) in [7, 11) is -3.33. The highest BCUT2D eigenvalue weighted by atomic mass is 32.2. The molecular formula is C18H29N3O3S. The summed E-state index contributed by atoms with van der Waals surface area (Å²) in [5.41, 5.74) is 1.64. The predicted octanol–water partition coefficient (Wildman–Crippen LogP) is 1.47. The van der Waals surface area contributed by atoms with E-state index >= 15 is 0 Å². The van der Waals surface area contributed by atoms with E-state index in [4.69, 9.17) is 0 Å². The molecule has 7 heteroatoms. The molecule has 1 aromatic carbocycles. The van der Waals surface area contributed by atoms with Crippen molar-refractivity contribution in [2.75, 3.05) is 45.0 Å². The van der Waals surface area contributed by atoms with Crippen LogP contribution in [0.25, 0.3) is 0 Å². The van der Waals surface area contributed by atoms with Crippen molar-refractivity contribution >= 4 is 15.9 Å². The topological polar surface area (TPSA) is 69.7 Å². The molecule has 25 heavy (non-hydrogen) atoms. The van der Waals surface area contributed by atoms with Crippen molar-refractivity contribution in [3.05, 3.63) is 35.4 Å². The third kappa shape index (κ3) is 5.80. The van der Waals surface area contributed by atoms with Gasteiger partial charge in [-0.3, -0.25) is 4.79 Å². The number of sulfonamides is 1. The normalized spacial score (nSPS) is 15.9. The van der Waals surface area contributed by atoms with Gasteiger partial charge >= 0.3 is 0 Å². The predicted molar refractivity (Wildman–Crippen MR) is 100 cm³/mol. The molecule has 1 heterocycles. The fraction of sp³-hybridized carbons (Fsp3) is 0.611. The molecule has 6 nitrogen and oxygen atoms in total. The van der Waals surface area contributed by atoms with Crippen LogP contribution >= 0.6 is 0 Å². The highest BCUT2D eigenvalue weighted by Gasteiger charge is 2.25. The Morgan fingerprint density at radius 3 is 2.60 bits per heavy atom. The van der Waals surface area contributed by atoms with Crippen molar-refractivity contribution in [3.63, 3.8) is 0 Å². The maximum atomic E-state index is 12.8. The second-order valence-corrected chi connectivity index (χ2v) is 8.57. The van der Waals surface area contributed by atoms with E-state index in [0.29, 0.717) is 38.3 Å². The summed E-state index contributed by atoms with van der Waals surface area (Å²) < 4.78 is 26.6. The second-order valence-electron chi connectivity index (χ2n) is 6.48. The van der Waals surface area contributed by atoms with Crippen molar-refractivity contribution in [1.29, 1.82) is 0 Å². The third-order valence-electron chi connectivity index (χ3n) is 4.42. The molecule has 1 aliphatic rings. The summed E-state index contributed by atoms with van der Waals surface area (Å²) in [5, 5.41) is 3.15. The monoisotopic (exact) mass is 367 g/mol. The van der Waals surface area contributed by atoms with Crippen LogP contribution in [0.3, 0.4) is 0 Å². The molecule has 1 N–H and O–H groups in total. The van der Waals surface area contributed by atoms with Gasteiger partial charge in [0.25, 0.3) is 5.91 Å². The number of carbonyl (C=O) groups excluding carboxylic acids is 1. The van der Waals surface area contributed by atoms with Crippen LogP contribution in [0, 0.1) is 6.92 Å². The highest BCUT2D eigenvalue weighted by Crippen LogP contribution is 2.11. The molecule has 0 atom stereocenters. The van der Waals surface area contributed by atoms with Gasteiger partial charge in [-0.25, -0.2) is 8.42 Å². The molecule has 0 radical (unpaired) electrons. The lowest BCUT2D eigenvalue weighted by molar-refractivity contribution is 0.0763. The minimum Gasteiger partial charge on any atom is -0.338 e. The number of aryl methyl sites for hydroxylation is 1. The Bertz CT molecular complexity index is 670. The van der Waals surface area contributed by atoms with Gasteiger partial charge in [0.1, 0.15) is 0 Å². The van der Waals surface area contributed by atoms with Crippen LogP contribution in [0.4, 0.5) is 0 Å². The summed E-state index contributed by atoms with van der Waals surface area (Å²) in [4.78, 5) is 14.5. The number of unbranched alkanes of at least 4 members (excludes halogenated alkanes) is 1. The zero-order chi connectivity index (χ0) is 18.3. The van der Waals surface area contributed by atoms with Crippen molar-refractivity contribution in [2.45, 2.75) is 26.7 Å². The number of nitrogens with one attached hydrogen (secondary N) is 1. The van der Waals surface area contributed by atoms with E-state index in [1.165, 1.54) is 4.31 Å². The number of benzene rings is 1. The number of nitrogens with zero attached hydrogens (tertiary/aromatic N) is 2. The highest BCUT2D eigenvalue weighted by molar-refractivity contribution is 7.89. The van der Waals surface area contributed by atoms with E-state index in [2.05, 4.69) is 12.2 Å². The average Bonchev–Trinajstić information content (AvgIpc) is 2.62. The lowest BCUT2D eigenvalue weighted by atomic mass is 10.1. The largest absolute Gasteiger partial charge is 0.338 e. The molecule has 0 bridgehead atoms. The summed E-state index contributed by atoms with van der Waals surface area (Å²) in [6, 6.07) is 7.45. The van der Waals surface area contributed by atoms with Crippen LogP contribution in [-0.4, -0.2) is 68.6 Å². The van der Waals surface area contributed by atoms with Gasteiger partial charge in [0.15, 0.2) is 0 Å². The molecule has 0 saturated carbocycles. The van der Waals surface area contributed by atoms with Crippen LogP contribution in [0.15, 0.2) is 24.3 Å². The Kier molecular flexibility index (Phi) is 7.40. The van der Waals surface area contributed by atoms with Crippen molar-refractivity contribution in [3.8, 4) is 0 Å². The lowest BCUT2D eigenvalue weighted by Crippen LogP contribution is -2.48. The van der Waals surface area contributed by atoms with Gasteiger partial charge in [0.05, 0.1) is 5.75 Å². The van der Waals surface area contributed by atoms with Crippen molar-refractivity contribution in [1.82, 2.24) is 14.5 Å². The number of carbonyl (C=O) groups is 1. The standard InChI is InChI=1S/C18H29N3O3S/c1-3-4-10-20(18(22)17-7-5-6-16(2)15-17)13-14-25(23,24)21-11-8-19-9-12-21/h5-7,15,19H,3-4,8-14H2,1-2H3. The maximum Gasteiger partial charge on any atom is 0.253 e. The zero-order valence-corrected chi connectivity index (χ0v) is 16.0. The Morgan fingerprint density at radius 2 is 1.96 bits per heavy atom. The fourth-order valence-corrected chi connectivity index (χ4v) is 4.35. The van der Waals surface area contributed by atoms with Crippen molar-refractivity contribution < 1.29 is 13.2 Å². The van der Waals surface area contributed by atoms with Gasteiger partial charge < -0.3 is 10.2 Å². The first kappa shape index (κ1) is 19.9. The van der Waals surface area contributed by atoms with E-state index in [1.54, 1.807) is 11.0 Å². The first-order chi connectivity index (χ1) is 11.9. The quantitative estimate of drug-likeness (QED) is 0.755. The smallest absolute Gasteiger partial charge is 0.253 e. The van der Waals surface area contributed by atoms with Crippen LogP contribution in [0.1, 0.15) is 35.7 Å². The average molecular weight is 368 g/mol. The van der Waals surface area contributed by atoms with Gasteiger partial charge in [0.2, 0.25) is 10.0 Å². The molecule has 140 valence electrons. The first-order valence-corrected chi connectivity index (χ1v) is 10.6. The fourth-order valence-electron chi connectivity index (χ4n) is 2.90. The summed E-state index contributed by atoms with van der Waals surface area (Å²) >= 11 is 0. The number of hydrogen-bond acceptors (Lipinski definition) is 4. The van der Waals surface area contributed by atoms with E-state index in [-0.39, 0.29) is 18.2 Å². The molecule has 0 aromatic heterocycles. The van der Waals surface area contributed by atoms with Gasteiger partial charge in [-0.1, -0.05) is 31.0 Å². The lowest BCUT2D eigenvalue weighted by Gasteiger charge is -2.28. The minimum absolute atomic E-state index is 0.0196. The SMILES string of the molecule is CCCCN(CCS(=O)(=O)N1CCNCC1)C(=O)c1cccc(C)c1. The molecule has 1 amide bonds. The Hall–Kier alpha value is -1.44. The summed E-state index contributed by atoms with van der Waals surface area (Å²) in [6.45, 7) is 7.20.